The fourth-order valence-electron chi connectivity index (χ4n) is 4.87. The average Bonchev–Trinajstić information content (AvgIpc) is 3.22. The van der Waals surface area contributed by atoms with Gasteiger partial charge in [0, 0.05) is 55.4 Å². The number of para-hydroxylation sites is 1. The lowest BCUT2D eigenvalue weighted by molar-refractivity contribution is -0.384. The summed E-state index contributed by atoms with van der Waals surface area (Å²) in [6, 6.07) is 27.2. The molecule has 4 aromatic carbocycles. The average molecular weight is 669 g/mol. The van der Waals surface area contributed by atoms with Gasteiger partial charge in [-0.05, 0) is 77.5 Å². The van der Waals surface area contributed by atoms with Gasteiger partial charge in [0.05, 0.1) is 15.1 Å². The van der Waals surface area contributed by atoms with E-state index >= 15 is 0 Å². The van der Waals surface area contributed by atoms with Gasteiger partial charge in [-0.25, -0.2) is 4.74 Å². The van der Waals surface area contributed by atoms with Gasteiger partial charge in [0.15, 0.2) is 7.28 Å². The number of nitrogens with zero attached hydrogens (tertiary/aromatic N) is 3. The number of aryl methyl sites for hydroxylation is 1. The van der Waals surface area contributed by atoms with Gasteiger partial charge >= 0.3 is 0 Å². The molecule has 0 aliphatic heterocycles. The first kappa shape index (κ1) is 27.6. The highest BCUT2D eigenvalue weighted by Gasteiger charge is 2.39. The molecule has 5 rings (SSSR count). The van der Waals surface area contributed by atoms with E-state index in [0.29, 0.717) is 11.4 Å². The van der Waals surface area contributed by atoms with Crippen LogP contribution in [0.15, 0.2) is 98.6 Å². The summed E-state index contributed by atoms with van der Waals surface area (Å²) in [4.78, 5) is 10.9. The molecular weight excluding hydrogens is 641 g/mol. The van der Waals surface area contributed by atoms with Crippen LogP contribution in [-0.4, -0.2) is 14.6 Å². The van der Waals surface area contributed by atoms with E-state index in [2.05, 4.69) is 107 Å². The number of halogens is 2. The van der Waals surface area contributed by atoms with Crippen LogP contribution in [0.2, 0.25) is 0 Å². The van der Waals surface area contributed by atoms with Gasteiger partial charge < -0.3 is 9.09 Å². The molecule has 39 heavy (non-hydrogen) atoms. The van der Waals surface area contributed by atoms with E-state index in [1.54, 1.807) is 12.1 Å². The van der Waals surface area contributed by atoms with Crippen LogP contribution in [0.25, 0.3) is 21.8 Å². The summed E-state index contributed by atoms with van der Waals surface area (Å²) in [5.74, 6) is 0.684. The molecular formula is C30H28Br2N3O3P. The Labute approximate surface area is 244 Å². The molecule has 0 spiro atoms. The number of rotatable bonds is 6. The van der Waals surface area contributed by atoms with Gasteiger partial charge in [0.1, 0.15) is 5.75 Å². The Morgan fingerprint density at radius 1 is 0.923 bits per heavy atom. The quantitative estimate of drug-likeness (QED) is 0.103. The molecule has 6 nitrogen and oxygen atoms in total. The highest BCUT2D eigenvalue weighted by molar-refractivity contribution is 9.11. The Morgan fingerprint density at radius 3 is 2.26 bits per heavy atom. The van der Waals surface area contributed by atoms with Gasteiger partial charge in [-0.1, -0.05) is 54.9 Å². The lowest BCUT2D eigenvalue weighted by atomic mass is 10.1. The van der Waals surface area contributed by atoms with E-state index < -0.39 is 17.4 Å². The number of fused-ring (bicyclic) bond motifs is 3. The summed E-state index contributed by atoms with van der Waals surface area (Å²) >= 11 is 7.21. The normalized spacial score (nSPS) is 13.4. The molecule has 200 valence electrons. The van der Waals surface area contributed by atoms with E-state index in [1.807, 2.05) is 18.2 Å². The molecule has 0 fully saturated rings. The largest absolute Gasteiger partial charge is 0.454 e. The van der Waals surface area contributed by atoms with Crippen LogP contribution in [0.1, 0.15) is 27.7 Å². The third-order valence-electron chi connectivity index (χ3n) is 6.77. The van der Waals surface area contributed by atoms with E-state index in [4.69, 9.17) is 9.27 Å². The second-order valence-electron chi connectivity index (χ2n) is 10.2. The Balaban J connectivity index is 1.84. The molecule has 0 bridgehead atoms. The number of benzene rings is 4. The number of hydrogen-bond acceptors (Lipinski definition) is 4. The van der Waals surface area contributed by atoms with Crippen molar-refractivity contribution in [1.29, 1.82) is 0 Å². The Bertz CT molecular complexity index is 1770. The summed E-state index contributed by atoms with van der Waals surface area (Å²) in [5.41, 5.74) is 3.01. The van der Waals surface area contributed by atoms with Crippen molar-refractivity contribution in [2.45, 2.75) is 39.4 Å². The molecule has 0 amide bonds. The summed E-state index contributed by atoms with van der Waals surface area (Å²) in [6.45, 7) is 9.44. The third kappa shape index (κ3) is 5.06. The topological polar surface area (TPSA) is 69.7 Å². The summed E-state index contributed by atoms with van der Waals surface area (Å²) < 4.78 is 16.5. The molecule has 1 unspecified atom stereocenters. The highest BCUT2D eigenvalue weighted by atomic mass is 79.9. The summed E-state index contributed by atoms with van der Waals surface area (Å²) in [7, 11) is -2.84. The third-order valence-corrected chi connectivity index (χ3v) is 11.7. The van der Waals surface area contributed by atoms with Crippen LogP contribution in [0.3, 0.4) is 0 Å². The van der Waals surface area contributed by atoms with Crippen molar-refractivity contribution < 1.29 is 9.45 Å². The fourth-order valence-corrected chi connectivity index (χ4v) is 9.22. The van der Waals surface area contributed by atoms with Crippen LogP contribution in [0.5, 0.6) is 5.75 Å². The van der Waals surface area contributed by atoms with E-state index in [-0.39, 0.29) is 5.69 Å². The molecule has 0 radical (unpaired) electrons. The van der Waals surface area contributed by atoms with Crippen molar-refractivity contribution >= 4 is 77.6 Å². The van der Waals surface area contributed by atoms with Crippen molar-refractivity contribution in [3.05, 3.63) is 104 Å². The minimum absolute atomic E-state index is 0.0269. The zero-order chi connectivity index (χ0) is 27.9. The smallest absolute Gasteiger partial charge is 0.269 e. The zero-order valence-corrected chi connectivity index (χ0v) is 26.1. The number of aromatic nitrogens is 1. The number of non-ortho nitro benzene ring substituents is 1. The zero-order valence-electron chi connectivity index (χ0n) is 22.1. The van der Waals surface area contributed by atoms with E-state index in [9.17, 15) is 10.1 Å². The molecule has 0 saturated heterocycles. The van der Waals surface area contributed by atoms with Gasteiger partial charge in [-0.2, -0.15) is 0 Å². The lowest BCUT2D eigenvalue weighted by Crippen LogP contribution is -2.27. The summed E-state index contributed by atoms with van der Waals surface area (Å²) in [6.07, 6.45) is 0. The van der Waals surface area contributed by atoms with Crippen LogP contribution in [0.4, 0.5) is 11.4 Å². The standard InChI is InChI=1S/C30H28Br2N3O3P/c1-5-34-27-9-7-6-8-24(27)25-19-23(15-16-28(25)34)39(30(2,3)4,38-29-17-10-20(31)18-26(29)32)33-21-11-13-22(14-12-21)35(36)37/h6-19H,5H2,1-4H3. The highest BCUT2D eigenvalue weighted by Crippen LogP contribution is 2.63. The number of nitro benzene ring substituents is 1. The SMILES string of the molecule is CCn1c2ccccc2c2cc(P(=Nc3ccc([N+](=O)[O-])cc3)(Oc3ccc(Br)cc3Br)C(C)(C)C)ccc21. The van der Waals surface area contributed by atoms with Crippen LogP contribution in [-0.2, 0) is 6.54 Å². The molecule has 1 heterocycles. The van der Waals surface area contributed by atoms with Gasteiger partial charge in [0.2, 0.25) is 0 Å². The van der Waals surface area contributed by atoms with E-state index in [1.165, 1.54) is 23.0 Å². The Hall–Kier alpha value is -2.93. The molecule has 1 aromatic heterocycles. The van der Waals surface area contributed by atoms with Gasteiger partial charge in [-0.15, -0.1) is 0 Å². The number of hydrogen-bond donors (Lipinski definition) is 0. The maximum atomic E-state index is 11.3. The summed E-state index contributed by atoms with van der Waals surface area (Å²) in [5, 5.41) is 14.2. The van der Waals surface area contributed by atoms with Crippen molar-refractivity contribution in [3.63, 3.8) is 0 Å². The Morgan fingerprint density at radius 2 is 1.62 bits per heavy atom. The predicted octanol–water partition coefficient (Wildman–Crippen LogP) is 10.2. The monoisotopic (exact) mass is 667 g/mol. The minimum atomic E-state index is -2.84. The molecule has 9 heteroatoms. The molecule has 0 N–H and O–H groups in total. The lowest BCUT2D eigenvalue weighted by Gasteiger charge is -2.37. The van der Waals surface area contributed by atoms with Gasteiger partial charge in [-0.3, -0.25) is 10.1 Å². The van der Waals surface area contributed by atoms with Crippen LogP contribution in [0, 0.1) is 10.1 Å². The molecule has 1 atom stereocenters. The maximum Gasteiger partial charge on any atom is 0.269 e. The second-order valence-corrected chi connectivity index (χ2v) is 15.4. The molecule has 0 aliphatic carbocycles. The second kappa shape index (κ2) is 10.6. The van der Waals surface area contributed by atoms with Crippen LogP contribution >= 0.6 is 39.1 Å². The first-order chi connectivity index (χ1) is 18.5. The number of nitro groups is 1. The van der Waals surface area contributed by atoms with Crippen molar-refractivity contribution in [2.75, 3.05) is 0 Å². The van der Waals surface area contributed by atoms with E-state index in [0.717, 1.165) is 31.7 Å². The first-order valence-corrected chi connectivity index (χ1v) is 15.8. The minimum Gasteiger partial charge on any atom is -0.454 e. The molecule has 5 aromatic rings. The van der Waals surface area contributed by atoms with Crippen molar-refractivity contribution in [3.8, 4) is 5.75 Å². The fraction of sp³-hybridized carbons (Fsp3) is 0.200. The van der Waals surface area contributed by atoms with Gasteiger partial charge in [0.25, 0.3) is 5.69 Å². The predicted molar refractivity (Wildman–Crippen MR) is 169 cm³/mol. The molecule has 0 aliphatic rings. The van der Waals surface area contributed by atoms with Crippen molar-refractivity contribution in [2.24, 2.45) is 4.74 Å². The first-order valence-electron chi connectivity index (χ1n) is 12.6. The van der Waals surface area contributed by atoms with Crippen LogP contribution < -0.4 is 9.83 Å². The van der Waals surface area contributed by atoms with Crippen molar-refractivity contribution in [1.82, 2.24) is 4.57 Å². The maximum absolute atomic E-state index is 11.3. The Kier molecular flexibility index (Phi) is 7.49. The molecule has 0 saturated carbocycles.